The van der Waals surface area contributed by atoms with E-state index in [1.54, 1.807) is 17.4 Å². The van der Waals surface area contributed by atoms with Gasteiger partial charge in [-0.1, -0.05) is 38.7 Å². The summed E-state index contributed by atoms with van der Waals surface area (Å²) >= 11 is 1.60. The van der Waals surface area contributed by atoms with Gasteiger partial charge >= 0.3 is 0 Å². The van der Waals surface area contributed by atoms with E-state index in [4.69, 9.17) is 0 Å². The topological polar surface area (TPSA) is 25.8 Å². The van der Waals surface area contributed by atoms with Crippen molar-refractivity contribution in [2.24, 2.45) is 0 Å². The van der Waals surface area contributed by atoms with Crippen LogP contribution in [0.5, 0.6) is 0 Å². The van der Waals surface area contributed by atoms with Crippen LogP contribution in [0.1, 0.15) is 30.8 Å². The highest BCUT2D eigenvalue weighted by atomic mass is 32.1. The van der Waals surface area contributed by atoms with Gasteiger partial charge in [0.1, 0.15) is 10.0 Å². The van der Waals surface area contributed by atoms with Crippen LogP contribution in [-0.2, 0) is 5.41 Å². The average Bonchev–Trinajstić information content (AvgIpc) is 2.32. The highest BCUT2D eigenvalue weighted by Gasteiger charge is 2.18. The summed E-state index contributed by atoms with van der Waals surface area (Å²) in [5, 5.41) is 9.97. The second kappa shape index (κ2) is 2.74. The van der Waals surface area contributed by atoms with E-state index in [0.29, 0.717) is 0 Å². The van der Waals surface area contributed by atoms with Gasteiger partial charge in [-0.25, -0.2) is 0 Å². The van der Waals surface area contributed by atoms with Gasteiger partial charge in [0.25, 0.3) is 0 Å². The van der Waals surface area contributed by atoms with Crippen LogP contribution in [0.2, 0.25) is 0 Å². The summed E-state index contributed by atoms with van der Waals surface area (Å²) in [7, 11) is 0. The Bertz CT molecular complexity index is 257. The van der Waals surface area contributed by atoms with Gasteiger partial charge in [0, 0.05) is 5.41 Å². The minimum absolute atomic E-state index is 0.110. The summed E-state index contributed by atoms with van der Waals surface area (Å²) in [5.41, 5.74) is 0.110. The predicted octanol–water partition coefficient (Wildman–Crippen LogP) is 2.48. The van der Waals surface area contributed by atoms with E-state index >= 15 is 0 Å². The van der Waals surface area contributed by atoms with Crippen LogP contribution < -0.4 is 0 Å². The Morgan fingerprint density at radius 1 is 1.36 bits per heavy atom. The third-order valence-corrected chi connectivity index (χ3v) is 2.60. The highest BCUT2D eigenvalue weighted by Crippen LogP contribution is 2.25. The lowest BCUT2D eigenvalue weighted by atomic mass is 9.98. The summed E-state index contributed by atoms with van der Waals surface area (Å²) in [6, 6.07) is 0. The minimum Gasteiger partial charge on any atom is -0.143 e. The molecule has 0 saturated heterocycles. The number of hydrogen-bond acceptors (Lipinski definition) is 3. The molecule has 0 fully saturated rings. The monoisotopic (exact) mass is 168 g/mol. The molecule has 0 aromatic carbocycles. The van der Waals surface area contributed by atoms with E-state index in [1.165, 1.54) is 0 Å². The van der Waals surface area contributed by atoms with E-state index < -0.39 is 0 Å². The zero-order valence-corrected chi connectivity index (χ0v) is 7.90. The van der Waals surface area contributed by atoms with Crippen molar-refractivity contribution in [2.75, 3.05) is 0 Å². The van der Waals surface area contributed by atoms with Crippen LogP contribution in [0.4, 0.5) is 0 Å². The molecule has 1 aromatic heterocycles. The normalized spacial score (nSPS) is 11.5. The summed E-state index contributed by atoms with van der Waals surface area (Å²) in [6.45, 7) is 10.0. The molecule has 60 valence electrons. The van der Waals surface area contributed by atoms with Gasteiger partial charge in [-0.3, -0.25) is 0 Å². The molecule has 1 aromatic rings. The fourth-order valence-corrected chi connectivity index (χ4v) is 1.37. The highest BCUT2D eigenvalue weighted by molar-refractivity contribution is 7.12. The summed E-state index contributed by atoms with van der Waals surface area (Å²) in [6.07, 6.45) is 1.73. The lowest BCUT2D eigenvalue weighted by molar-refractivity contribution is 0.578. The van der Waals surface area contributed by atoms with Gasteiger partial charge in [-0.05, 0) is 6.08 Å². The van der Waals surface area contributed by atoms with Crippen molar-refractivity contribution in [3.05, 3.63) is 16.6 Å². The second-order valence-electron chi connectivity index (χ2n) is 3.40. The molecule has 2 nitrogen and oxygen atoms in total. The van der Waals surface area contributed by atoms with E-state index in [1.807, 2.05) is 0 Å². The summed E-state index contributed by atoms with van der Waals surface area (Å²) < 4.78 is 0. The third-order valence-electron chi connectivity index (χ3n) is 1.26. The molecule has 1 rings (SSSR count). The first kappa shape index (κ1) is 8.40. The predicted molar refractivity (Wildman–Crippen MR) is 48.7 cm³/mol. The Kier molecular flexibility index (Phi) is 2.09. The van der Waals surface area contributed by atoms with Gasteiger partial charge in [0.15, 0.2) is 0 Å². The Hall–Kier alpha value is -0.700. The third kappa shape index (κ3) is 1.87. The van der Waals surface area contributed by atoms with E-state index in [2.05, 4.69) is 37.5 Å². The van der Waals surface area contributed by atoms with Crippen molar-refractivity contribution in [3.63, 3.8) is 0 Å². The Balaban J connectivity index is 2.98. The van der Waals surface area contributed by atoms with Gasteiger partial charge in [-0.2, -0.15) is 0 Å². The molecular formula is C8H12N2S. The molecule has 0 radical (unpaired) electrons. The van der Waals surface area contributed by atoms with Crippen LogP contribution >= 0.6 is 11.3 Å². The molecule has 11 heavy (non-hydrogen) atoms. The minimum atomic E-state index is 0.110. The SMILES string of the molecule is C=Cc1nnc(C(C)(C)C)s1. The number of rotatable bonds is 1. The van der Waals surface area contributed by atoms with E-state index in [-0.39, 0.29) is 5.41 Å². The molecule has 0 unspecified atom stereocenters. The van der Waals surface area contributed by atoms with Gasteiger partial charge in [0.2, 0.25) is 0 Å². The first-order valence-corrected chi connectivity index (χ1v) is 4.32. The molecule has 0 aliphatic carbocycles. The molecule has 0 aliphatic rings. The van der Waals surface area contributed by atoms with Gasteiger partial charge < -0.3 is 0 Å². The zero-order valence-electron chi connectivity index (χ0n) is 7.09. The molecule has 0 N–H and O–H groups in total. The molecule has 0 saturated carbocycles. The van der Waals surface area contributed by atoms with Crippen LogP contribution in [0.25, 0.3) is 6.08 Å². The fourth-order valence-electron chi connectivity index (χ4n) is 0.620. The molecule has 0 amide bonds. The Labute approximate surface area is 71.0 Å². The van der Waals surface area contributed by atoms with E-state index in [0.717, 1.165) is 10.0 Å². The number of hydrogen-bond donors (Lipinski definition) is 0. The fraction of sp³-hybridized carbons (Fsp3) is 0.500. The standard InChI is InChI=1S/C8H12N2S/c1-5-6-9-10-7(11-6)8(2,3)4/h5H,1H2,2-4H3. The maximum absolute atomic E-state index is 4.06. The van der Waals surface area contributed by atoms with Crippen molar-refractivity contribution in [3.8, 4) is 0 Å². The van der Waals surface area contributed by atoms with Crippen LogP contribution in [0, 0.1) is 0 Å². The number of nitrogens with zero attached hydrogens (tertiary/aromatic N) is 2. The van der Waals surface area contributed by atoms with Crippen LogP contribution in [0.15, 0.2) is 6.58 Å². The number of aromatic nitrogens is 2. The van der Waals surface area contributed by atoms with Crippen molar-refractivity contribution >= 4 is 17.4 Å². The first-order valence-electron chi connectivity index (χ1n) is 3.50. The second-order valence-corrected chi connectivity index (χ2v) is 4.41. The summed E-state index contributed by atoms with van der Waals surface area (Å²) in [4.78, 5) is 0. The largest absolute Gasteiger partial charge is 0.143 e. The molecule has 1 heterocycles. The van der Waals surface area contributed by atoms with Crippen LogP contribution in [-0.4, -0.2) is 10.2 Å². The smallest absolute Gasteiger partial charge is 0.139 e. The lowest BCUT2D eigenvalue weighted by Crippen LogP contribution is -2.10. The van der Waals surface area contributed by atoms with Gasteiger partial charge in [-0.15, -0.1) is 10.2 Å². The van der Waals surface area contributed by atoms with Crippen molar-refractivity contribution in [2.45, 2.75) is 26.2 Å². The molecular weight excluding hydrogens is 156 g/mol. The summed E-state index contributed by atoms with van der Waals surface area (Å²) in [5.74, 6) is 0. The van der Waals surface area contributed by atoms with Crippen molar-refractivity contribution in [1.82, 2.24) is 10.2 Å². The Morgan fingerprint density at radius 3 is 2.27 bits per heavy atom. The molecule has 0 atom stereocenters. The van der Waals surface area contributed by atoms with Gasteiger partial charge in [0.05, 0.1) is 0 Å². The maximum atomic E-state index is 4.06. The first-order chi connectivity index (χ1) is 5.04. The molecule has 0 aliphatic heterocycles. The average molecular weight is 168 g/mol. The van der Waals surface area contributed by atoms with Crippen LogP contribution in [0.3, 0.4) is 0 Å². The van der Waals surface area contributed by atoms with Crippen molar-refractivity contribution < 1.29 is 0 Å². The van der Waals surface area contributed by atoms with Crippen molar-refractivity contribution in [1.29, 1.82) is 0 Å². The van der Waals surface area contributed by atoms with E-state index in [9.17, 15) is 0 Å². The lowest BCUT2D eigenvalue weighted by Gasteiger charge is -2.12. The molecule has 0 bridgehead atoms. The zero-order chi connectivity index (χ0) is 8.48. The molecule has 0 spiro atoms. The Morgan fingerprint density at radius 2 is 2.00 bits per heavy atom. The quantitative estimate of drug-likeness (QED) is 0.643. The maximum Gasteiger partial charge on any atom is 0.139 e. The molecule has 3 heteroatoms.